The normalized spacial score (nSPS) is 21.0. The van der Waals surface area contributed by atoms with Crippen LogP contribution in [0.3, 0.4) is 0 Å². The molecule has 5 nitrogen and oxygen atoms in total. The molecule has 126 valence electrons. The Kier molecular flexibility index (Phi) is 6.16. The van der Waals surface area contributed by atoms with Crippen LogP contribution in [0.5, 0.6) is 0 Å². The molecule has 1 fully saturated rings. The molecule has 1 heterocycles. The smallest absolute Gasteiger partial charge is 0.303 e. The molecular formula is C18H25NO4. The Morgan fingerprint density at radius 1 is 1.30 bits per heavy atom. The highest BCUT2D eigenvalue weighted by Gasteiger charge is 2.34. The van der Waals surface area contributed by atoms with Crippen molar-refractivity contribution in [2.24, 2.45) is 5.92 Å². The molecule has 2 atom stereocenters. The van der Waals surface area contributed by atoms with Crippen LogP contribution >= 0.6 is 0 Å². The Morgan fingerprint density at radius 2 is 2.00 bits per heavy atom. The molecule has 2 rings (SSSR count). The number of rotatable bonds is 6. The third-order valence-electron chi connectivity index (χ3n) is 4.31. The highest BCUT2D eigenvalue weighted by Crippen LogP contribution is 2.34. The third-order valence-corrected chi connectivity index (χ3v) is 4.31. The van der Waals surface area contributed by atoms with E-state index in [1.54, 1.807) is 11.9 Å². The predicted molar refractivity (Wildman–Crippen MR) is 87.1 cm³/mol. The molecule has 0 aliphatic carbocycles. The monoisotopic (exact) mass is 319 g/mol. The maximum Gasteiger partial charge on any atom is 0.303 e. The van der Waals surface area contributed by atoms with E-state index < -0.39 is 5.97 Å². The van der Waals surface area contributed by atoms with E-state index in [0.29, 0.717) is 19.6 Å². The number of hydrogen-bond acceptors (Lipinski definition) is 3. The first-order valence-electron chi connectivity index (χ1n) is 8.14. The van der Waals surface area contributed by atoms with Gasteiger partial charge in [-0.1, -0.05) is 29.8 Å². The lowest BCUT2D eigenvalue weighted by Gasteiger charge is -2.33. The van der Waals surface area contributed by atoms with Gasteiger partial charge < -0.3 is 14.7 Å². The molecule has 0 spiro atoms. The van der Waals surface area contributed by atoms with Gasteiger partial charge >= 0.3 is 5.97 Å². The molecule has 0 unspecified atom stereocenters. The molecule has 0 saturated carbocycles. The van der Waals surface area contributed by atoms with E-state index in [1.165, 1.54) is 5.56 Å². The van der Waals surface area contributed by atoms with Gasteiger partial charge in [0.15, 0.2) is 0 Å². The molecule has 1 N–H and O–H groups in total. The Morgan fingerprint density at radius 3 is 2.65 bits per heavy atom. The lowest BCUT2D eigenvalue weighted by atomic mass is 9.88. The third kappa shape index (κ3) is 4.79. The summed E-state index contributed by atoms with van der Waals surface area (Å²) in [5, 5.41) is 8.70. The van der Waals surface area contributed by atoms with Gasteiger partial charge in [0.25, 0.3) is 0 Å². The van der Waals surface area contributed by atoms with E-state index in [2.05, 4.69) is 0 Å². The van der Waals surface area contributed by atoms with Gasteiger partial charge in [0.1, 0.15) is 0 Å². The van der Waals surface area contributed by atoms with Crippen LogP contribution < -0.4 is 0 Å². The van der Waals surface area contributed by atoms with Gasteiger partial charge in [-0.05, 0) is 31.7 Å². The number of carbonyl (C=O) groups is 2. The van der Waals surface area contributed by atoms with Crippen molar-refractivity contribution >= 4 is 11.9 Å². The standard InChI is InChI=1S/C18H25NO4/c1-13-7-9-14(10-8-13)17-15(5-4-12-23-17)18(22)19(2)11-3-6-16(20)21/h7-10,15,17H,3-6,11-12H2,1-2H3,(H,20,21)/t15-,17+/m0/s1. The van der Waals surface area contributed by atoms with Crippen LogP contribution in [-0.4, -0.2) is 42.1 Å². The van der Waals surface area contributed by atoms with Crippen LogP contribution in [0.2, 0.25) is 0 Å². The van der Waals surface area contributed by atoms with Crippen LogP contribution in [0.1, 0.15) is 42.9 Å². The van der Waals surface area contributed by atoms with E-state index in [4.69, 9.17) is 9.84 Å². The van der Waals surface area contributed by atoms with Crippen LogP contribution in [0.15, 0.2) is 24.3 Å². The SMILES string of the molecule is Cc1ccc([C@H]2OCCC[C@@H]2C(=O)N(C)CCCC(=O)O)cc1. The first-order chi connectivity index (χ1) is 11.0. The fraction of sp³-hybridized carbons (Fsp3) is 0.556. The van der Waals surface area contributed by atoms with Gasteiger partial charge in [-0.3, -0.25) is 9.59 Å². The number of aryl methyl sites for hydroxylation is 1. The first kappa shape index (κ1) is 17.5. The molecule has 1 aromatic carbocycles. The lowest BCUT2D eigenvalue weighted by molar-refractivity contribution is -0.145. The number of hydrogen-bond donors (Lipinski definition) is 1. The number of carbonyl (C=O) groups excluding carboxylic acids is 1. The largest absolute Gasteiger partial charge is 0.481 e. The van der Waals surface area contributed by atoms with Crippen molar-refractivity contribution in [1.82, 2.24) is 4.90 Å². The minimum Gasteiger partial charge on any atom is -0.481 e. The summed E-state index contributed by atoms with van der Waals surface area (Å²) in [5.74, 6) is -0.980. The average molecular weight is 319 g/mol. The minimum absolute atomic E-state index is 0.0423. The van der Waals surface area contributed by atoms with E-state index >= 15 is 0 Å². The quantitative estimate of drug-likeness (QED) is 0.875. The molecule has 0 aromatic heterocycles. The molecule has 1 saturated heterocycles. The molecule has 0 radical (unpaired) electrons. The van der Waals surface area contributed by atoms with Gasteiger partial charge in [0.05, 0.1) is 12.0 Å². The summed E-state index contributed by atoms with van der Waals surface area (Å²) in [4.78, 5) is 25.0. The van der Waals surface area contributed by atoms with Crippen LogP contribution in [0.4, 0.5) is 0 Å². The van der Waals surface area contributed by atoms with Gasteiger partial charge in [-0.2, -0.15) is 0 Å². The van der Waals surface area contributed by atoms with E-state index in [1.807, 2.05) is 31.2 Å². The van der Waals surface area contributed by atoms with Crippen molar-refractivity contribution < 1.29 is 19.4 Å². The Labute approximate surface area is 137 Å². The second kappa shape index (κ2) is 8.11. The summed E-state index contributed by atoms with van der Waals surface area (Å²) in [6.45, 7) is 3.16. The van der Waals surface area contributed by atoms with Gasteiger partial charge in [0.2, 0.25) is 5.91 Å². The summed E-state index contributed by atoms with van der Waals surface area (Å²) in [5.41, 5.74) is 2.21. The Balaban J connectivity index is 2.03. The predicted octanol–water partition coefficient (Wildman–Crippen LogP) is 2.79. The van der Waals surface area contributed by atoms with E-state index in [-0.39, 0.29) is 24.3 Å². The maximum atomic E-state index is 12.7. The molecule has 1 aliphatic heterocycles. The second-order valence-electron chi connectivity index (χ2n) is 6.21. The number of nitrogens with zero attached hydrogens (tertiary/aromatic N) is 1. The Bertz CT molecular complexity index is 540. The van der Waals surface area contributed by atoms with Crippen molar-refractivity contribution in [2.75, 3.05) is 20.2 Å². The fourth-order valence-electron chi connectivity index (χ4n) is 2.98. The lowest BCUT2D eigenvalue weighted by Crippen LogP contribution is -2.39. The van der Waals surface area contributed by atoms with Crippen molar-refractivity contribution in [3.05, 3.63) is 35.4 Å². The topological polar surface area (TPSA) is 66.8 Å². The molecule has 1 aliphatic rings. The molecule has 1 amide bonds. The summed E-state index contributed by atoms with van der Waals surface area (Å²) >= 11 is 0. The van der Waals surface area contributed by atoms with Gasteiger partial charge in [-0.15, -0.1) is 0 Å². The van der Waals surface area contributed by atoms with Crippen LogP contribution in [-0.2, 0) is 14.3 Å². The zero-order chi connectivity index (χ0) is 16.8. The Hall–Kier alpha value is -1.88. The highest BCUT2D eigenvalue weighted by molar-refractivity contribution is 5.79. The van der Waals surface area contributed by atoms with E-state index in [0.717, 1.165) is 18.4 Å². The summed E-state index contributed by atoms with van der Waals surface area (Å²) < 4.78 is 5.89. The molecule has 5 heteroatoms. The fourth-order valence-corrected chi connectivity index (χ4v) is 2.98. The molecule has 0 bridgehead atoms. The van der Waals surface area contributed by atoms with Crippen molar-refractivity contribution in [2.45, 2.75) is 38.7 Å². The molecular weight excluding hydrogens is 294 g/mol. The van der Waals surface area contributed by atoms with Crippen molar-refractivity contribution in [3.8, 4) is 0 Å². The number of aliphatic carboxylic acids is 1. The summed E-state index contributed by atoms with van der Waals surface area (Å²) in [6, 6.07) is 8.11. The molecule has 23 heavy (non-hydrogen) atoms. The van der Waals surface area contributed by atoms with Crippen LogP contribution in [0.25, 0.3) is 0 Å². The minimum atomic E-state index is -0.829. The molecule has 1 aromatic rings. The maximum absolute atomic E-state index is 12.7. The second-order valence-corrected chi connectivity index (χ2v) is 6.21. The van der Waals surface area contributed by atoms with Crippen LogP contribution in [0, 0.1) is 12.8 Å². The van der Waals surface area contributed by atoms with Crippen molar-refractivity contribution in [1.29, 1.82) is 0 Å². The van der Waals surface area contributed by atoms with Gasteiger partial charge in [-0.25, -0.2) is 0 Å². The number of ether oxygens (including phenoxy) is 1. The van der Waals surface area contributed by atoms with E-state index in [9.17, 15) is 9.59 Å². The number of carboxylic acids is 1. The zero-order valence-electron chi connectivity index (χ0n) is 13.8. The first-order valence-corrected chi connectivity index (χ1v) is 8.14. The van der Waals surface area contributed by atoms with Crippen molar-refractivity contribution in [3.63, 3.8) is 0 Å². The number of carboxylic acid groups (broad SMARTS) is 1. The zero-order valence-corrected chi connectivity index (χ0v) is 13.8. The highest BCUT2D eigenvalue weighted by atomic mass is 16.5. The average Bonchev–Trinajstić information content (AvgIpc) is 2.54. The summed E-state index contributed by atoms with van der Waals surface area (Å²) in [7, 11) is 1.74. The number of benzene rings is 1. The van der Waals surface area contributed by atoms with Gasteiger partial charge in [0, 0.05) is 26.6 Å². The summed E-state index contributed by atoms with van der Waals surface area (Å²) in [6.07, 6.45) is 2.03. The number of amides is 1.